The van der Waals surface area contributed by atoms with Crippen LogP contribution in [0.1, 0.15) is 0 Å². The van der Waals surface area contributed by atoms with E-state index in [-0.39, 0.29) is 0 Å². The second-order valence-corrected chi connectivity index (χ2v) is 13.7. The lowest BCUT2D eigenvalue weighted by atomic mass is 9.98. The standard InChI is InChI=1S/C45H26N2O2S/c1-2-9-28(10-3-1)45-46-37-22-21-33-34(44(37)50-45)20-17-27-11-8-14-38(43(27)33)47(29-18-23-41-35(25-29)31-12-4-6-15-39(31)48-41)30-19-24-42-36(26-30)32-13-5-7-16-40(32)49-42/h1-26H. The average molecular weight is 659 g/mol. The lowest BCUT2D eigenvalue weighted by Crippen LogP contribution is -2.10. The molecule has 8 aromatic carbocycles. The topological polar surface area (TPSA) is 42.4 Å². The van der Waals surface area contributed by atoms with Gasteiger partial charge in [-0.05, 0) is 71.4 Å². The largest absolute Gasteiger partial charge is 0.456 e. The molecule has 11 rings (SSSR count). The maximum Gasteiger partial charge on any atom is 0.135 e. The molecule has 0 fully saturated rings. The Bertz CT molecular complexity index is 3000. The predicted octanol–water partition coefficient (Wildman–Crippen LogP) is 13.5. The number of nitrogens with zero attached hydrogens (tertiary/aromatic N) is 2. The highest BCUT2D eigenvalue weighted by molar-refractivity contribution is 7.22. The van der Waals surface area contributed by atoms with Crippen molar-refractivity contribution < 1.29 is 8.83 Å². The Kier molecular flexibility index (Phi) is 5.80. The van der Waals surface area contributed by atoms with Gasteiger partial charge in [-0.25, -0.2) is 4.98 Å². The van der Waals surface area contributed by atoms with Gasteiger partial charge in [0, 0.05) is 49.3 Å². The number of thiazole rings is 1. The Morgan fingerprint density at radius 3 is 1.78 bits per heavy atom. The quantitative estimate of drug-likeness (QED) is 0.177. The minimum Gasteiger partial charge on any atom is -0.456 e. The molecule has 0 aliphatic heterocycles. The molecule has 234 valence electrons. The van der Waals surface area contributed by atoms with E-state index in [1.54, 1.807) is 11.3 Å². The summed E-state index contributed by atoms with van der Waals surface area (Å²) in [6.07, 6.45) is 0. The van der Waals surface area contributed by atoms with Gasteiger partial charge < -0.3 is 13.7 Å². The number of para-hydroxylation sites is 2. The van der Waals surface area contributed by atoms with Crippen molar-refractivity contribution in [2.24, 2.45) is 0 Å². The third-order valence-corrected chi connectivity index (χ3v) is 11.0. The van der Waals surface area contributed by atoms with Gasteiger partial charge >= 0.3 is 0 Å². The van der Waals surface area contributed by atoms with Crippen LogP contribution in [0.3, 0.4) is 0 Å². The van der Waals surface area contributed by atoms with Gasteiger partial charge in [0.15, 0.2) is 0 Å². The van der Waals surface area contributed by atoms with Gasteiger partial charge in [0.25, 0.3) is 0 Å². The first-order valence-corrected chi connectivity index (χ1v) is 17.5. The van der Waals surface area contributed by atoms with E-state index in [2.05, 4.69) is 132 Å². The number of fused-ring (bicyclic) bond motifs is 11. The molecule has 0 atom stereocenters. The summed E-state index contributed by atoms with van der Waals surface area (Å²) in [6.45, 7) is 0. The predicted molar refractivity (Wildman–Crippen MR) is 209 cm³/mol. The van der Waals surface area contributed by atoms with Crippen molar-refractivity contribution in [1.82, 2.24) is 4.98 Å². The number of furan rings is 2. The van der Waals surface area contributed by atoms with Crippen molar-refractivity contribution in [3.05, 3.63) is 158 Å². The number of hydrogen-bond donors (Lipinski definition) is 0. The van der Waals surface area contributed by atoms with E-state index in [1.807, 2.05) is 30.3 Å². The van der Waals surface area contributed by atoms with Crippen molar-refractivity contribution in [3.8, 4) is 10.6 Å². The zero-order chi connectivity index (χ0) is 32.8. The van der Waals surface area contributed by atoms with Gasteiger partial charge in [-0.15, -0.1) is 11.3 Å². The van der Waals surface area contributed by atoms with Gasteiger partial charge in [-0.1, -0.05) is 97.1 Å². The van der Waals surface area contributed by atoms with Crippen molar-refractivity contribution in [1.29, 1.82) is 0 Å². The molecule has 3 aromatic heterocycles. The molecule has 3 heterocycles. The summed E-state index contributed by atoms with van der Waals surface area (Å²) in [6, 6.07) is 55.5. The van der Waals surface area contributed by atoms with Crippen molar-refractivity contribution in [2.75, 3.05) is 4.90 Å². The minimum absolute atomic E-state index is 0.872. The third kappa shape index (κ3) is 4.08. The number of benzene rings is 8. The minimum atomic E-state index is 0.872. The number of rotatable bonds is 4. The van der Waals surface area contributed by atoms with Crippen molar-refractivity contribution >= 4 is 104 Å². The van der Waals surface area contributed by atoms with E-state index < -0.39 is 0 Å². The molecule has 5 heteroatoms. The van der Waals surface area contributed by atoms with Gasteiger partial charge in [-0.3, -0.25) is 0 Å². The number of anilines is 3. The van der Waals surface area contributed by atoms with Crippen LogP contribution in [0.2, 0.25) is 0 Å². The molecule has 0 unspecified atom stereocenters. The Labute approximate surface area is 290 Å². The third-order valence-electron chi connectivity index (χ3n) is 9.87. The van der Waals surface area contributed by atoms with Crippen LogP contribution in [-0.2, 0) is 0 Å². The maximum absolute atomic E-state index is 6.26. The monoisotopic (exact) mass is 658 g/mol. The van der Waals surface area contributed by atoms with Gasteiger partial charge in [0.05, 0.1) is 15.9 Å². The van der Waals surface area contributed by atoms with Crippen LogP contribution < -0.4 is 4.90 Å². The molecule has 0 bridgehead atoms. The smallest absolute Gasteiger partial charge is 0.135 e. The first-order valence-electron chi connectivity index (χ1n) is 16.7. The average Bonchev–Trinajstić information content (AvgIpc) is 3.88. The van der Waals surface area contributed by atoms with E-state index in [0.29, 0.717) is 0 Å². The number of hydrogen-bond acceptors (Lipinski definition) is 5. The molecule has 0 aliphatic carbocycles. The summed E-state index contributed by atoms with van der Waals surface area (Å²) >= 11 is 1.76. The Morgan fingerprint density at radius 2 is 1.08 bits per heavy atom. The zero-order valence-corrected chi connectivity index (χ0v) is 27.4. The van der Waals surface area contributed by atoms with Crippen LogP contribution in [-0.4, -0.2) is 4.98 Å². The fraction of sp³-hybridized carbons (Fsp3) is 0. The van der Waals surface area contributed by atoms with E-state index in [1.165, 1.54) is 26.2 Å². The summed E-state index contributed by atoms with van der Waals surface area (Å²) in [5.74, 6) is 0. The molecule has 0 saturated heterocycles. The highest BCUT2D eigenvalue weighted by Gasteiger charge is 2.21. The van der Waals surface area contributed by atoms with Crippen LogP contribution in [0.5, 0.6) is 0 Å². The summed E-state index contributed by atoms with van der Waals surface area (Å²) in [4.78, 5) is 7.44. The first kappa shape index (κ1) is 27.5. The van der Waals surface area contributed by atoms with E-state index in [4.69, 9.17) is 13.8 Å². The van der Waals surface area contributed by atoms with Gasteiger partial charge in [0.1, 0.15) is 27.3 Å². The van der Waals surface area contributed by atoms with E-state index >= 15 is 0 Å². The van der Waals surface area contributed by atoms with Crippen LogP contribution in [0.15, 0.2) is 167 Å². The SMILES string of the molecule is c1ccc(-c2nc3ccc4c(ccc5cccc(N(c6ccc7oc8ccccc8c7c6)c6ccc7oc8ccccc8c7c6)c54)c3s2)cc1. The molecule has 0 amide bonds. The van der Waals surface area contributed by atoms with Crippen LogP contribution in [0, 0.1) is 0 Å². The molecule has 4 nitrogen and oxygen atoms in total. The fourth-order valence-corrected chi connectivity index (χ4v) is 8.68. The summed E-state index contributed by atoms with van der Waals surface area (Å²) < 4.78 is 13.7. The lowest BCUT2D eigenvalue weighted by molar-refractivity contribution is 0.668. The van der Waals surface area contributed by atoms with Crippen LogP contribution >= 0.6 is 11.3 Å². The molecule has 50 heavy (non-hydrogen) atoms. The summed E-state index contributed by atoms with van der Waals surface area (Å²) in [7, 11) is 0. The highest BCUT2D eigenvalue weighted by Crippen LogP contribution is 2.46. The Hall–Kier alpha value is -6.43. The second kappa shape index (κ2) is 10.5. The van der Waals surface area contributed by atoms with Crippen molar-refractivity contribution in [3.63, 3.8) is 0 Å². The Balaban J connectivity index is 1.20. The maximum atomic E-state index is 6.26. The molecule has 0 radical (unpaired) electrons. The van der Waals surface area contributed by atoms with E-state index in [9.17, 15) is 0 Å². The zero-order valence-electron chi connectivity index (χ0n) is 26.6. The van der Waals surface area contributed by atoms with Gasteiger partial charge in [-0.2, -0.15) is 0 Å². The molecule has 0 spiro atoms. The molecule has 11 aromatic rings. The normalized spacial score (nSPS) is 12.0. The lowest BCUT2D eigenvalue weighted by Gasteiger charge is -2.27. The first-order chi connectivity index (χ1) is 24.8. The van der Waals surface area contributed by atoms with Crippen molar-refractivity contribution in [2.45, 2.75) is 0 Å². The summed E-state index contributed by atoms with van der Waals surface area (Å²) in [5, 5.41) is 10.2. The molecule has 0 aliphatic rings. The van der Waals surface area contributed by atoms with Crippen LogP contribution in [0.25, 0.3) is 86.2 Å². The van der Waals surface area contributed by atoms with E-state index in [0.717, 1.165) is 77.0 Å². The highest BCUT2D eigenvalue weighted by atomic mass is 32.1. The fourth-order valence-electron chi connectivity index (χ4n) is 7.58. The molecule has 0 saturated carbocycles. The number of aromatic nitrogens is 1. The van der Waals surface area contributed by atoms with Crippen LogP contribution in [0.4, 0.5) is 17.1 Å². The Morgan fingerprint density at radius 1 is 0.460 bits per heavy atom. The molecular weight excluding hydrogens is 633 g/mol. The summed E-state index contributed by atoms with van der Waals surface area (Å²) in [5.41, 5.74) is 8.86. The van der Waals surface area contributed by atoms with Gasteiger partial charge in [0.2, 0.25) is 0 Å². The molecule has 0 N–H and O–H groups in total. The molecular formula is C45H26N2O2S. The second-order valence-electron chi connectivity index (χ2n) is 12.7.